The van der Waals surface area contributed by atoms with Crippen molar-refractivity contribution >= 4 is 23.3 Å². The molecule has 8 heteroatoms. The first kappa shape index (κ1) is 15.5. The number of carbonyl (C=O) groups is 1. The van der Waals surface area contributed by atoms with Gasteiger partial charge in [0, 0.05) is 19.3 Å². The van der Waals surface area contributed by atoms with Crippen molar-refractivity contribution < 1.29 is 10.0 Å². The quantitative estimate of drug-likeness (QED) is 0.329. The Bertz CT molecular complexity index is 538. The number of carbonyl (C=O) groups excluding carboxylic acids is 1. The van der Waals surface area contributed by atoms with Gasteiger partial charge in [0.15, 0.2) is 5.84 Å². The summed E-state index contributed by atoms with van der Waals surface area (Å²) in [5.41, 5.74) is 5.20. The molecule has 1 fully saturated rings. The fourth-order valence-electron chi connectivity index (χ4n) is 2.33. The summed E-state index contributed by atoms with van der Waals surface area (Å²) >= 11 is 5.75. The van der Waals surface area contributed by atoms with E-state index in [1.54, 1.807) is 6.07 Å². The van der Waals surface area contributed by atoms with Gasteiger partial charge in [-0.15, -0.1) is 0 Å². The summed E-state index contributed by atoms with van der Waals surface area (Å²) in [5, 5.41) is 15.4. The fourth-order valence-corrected chi connectivity index (χ4v) is 2.44. The third-order valence-corrected chi connectivity index (χ3v) is 3.98. The highest BCUT2D eigenvalue weighted by Gasteiger charge is 2.39. The molecule has 1 aliphatic rings. The second-order valence-corrected chi connectivity index (χ2v) is 5.62. The lowest BCUT2D eigenvalue weighted by Crippen LogP contribution is -2.62. The summed E-state index contributed by atoms with van der Waals surface area (Å²) in [6, 6.07) is 3.13. The molecule has 0 saturated carbocycles. The van der Waals surface area contributed by atoms with Crippen LogP contribution in [0.25, 0.3) is 0 Å². The highest BCUT2D eigenvalue weighted by Crippen LogP contribution is 2.22. The van der Waals surface area contributed by atoms with Crippen molar-refractivity contribution in [1.82, 2.24) is 15.2 Å². The molecule has 1 aromatic rings. The minimum atomic E-state index is -0.848. The predicted molar refractivity (Wildman–Crippen MR) is 79.6 cm³/mol. The fraction of sp³-hybridized carbons (Fsp3) is 0.462. The number of pyridine rings is 1. The van der Waals surface area contributed by atoms with Crippen molar-refractivity contribution in [2.45, 2.75) is 18.4 Å². The van der Waals surface area contributed by atoms with E-state index in [0.717, 1.165) is 13.1 Å². The molecule has 0 spiro atoms. The van der Waals surface area contributed by atoms with E-state index >= 15 is 0 Å². The number of likely N-dealkylation sites (tertiary alicyclic amines) is 1. The number of nitrogens with zero attached hydrogens (tertiary/aromatic N) is 3. The van der Waals surface area contributed by atoms with Crippen molar-refractivity contribution in [3.05, 3.63) is 29.0 Å². The lowest BCUT2D eigenvalue weighted by atomic mass is 9.86. The molecule has 114 valence electrons. The molecule has 0 atom stereocenters. The Morgan fingerprint density at radius 1 is 1.52 bits per heavy atom. The number of hydrogen-bond acceptors (Lipinski definition) is 5. The molecule has 7 nitrogen and oxygen atoms in total. The number of nitrogens with one attached hydrogen (secondary N) is 1. The monoisotopic (exact) mass is 311 g/mol. The lowest BCUT2D eigenvalue weighted by molar-refractivity contribution is 0.0881. The third-order valence-electron chi connectivity index (χ3n) is 3.75. The largest absolute Gasteiger partial charge is 0.409 e. The molecule has 0 aliphatic carbocycles. The van der Waals surface area contributed by atoms with E-state index in [4.69, 9.17) is 22.5 Å². The van der Waals surface area contributed by atoms with Crippen LogP contribution in [-0.4, -0.2) is 52.5 Å². The van der Waals surface area contributed by atoms with E-state index in [9.17, 15) is 4.79 Å². The maximum Gasteiger partial charge on any atom is 0.270 e. The Kier molecular flexibility index (Phi) is 4.64. The number of aromatic nitrogens is 1. The minimum Gasteiger partial charge on any atom is -0.409 e. The van der Waals surface area contributed by atoms with Gasteiger partial charge in [-0.25, -0.2) is 4.98 Å². The number of hydrogen-bond donors (Lipinski definition) is 3. The topological polar surface area (TPSA) is 104 Å². The molecule has 0 bridgehead atoms. The van der Waals surface area contributed by atoms with Gasteiger partial charge >= 0.3 is 0 Å². The van der Waals surface area contributed by atoms with Crippen LogP contribution in [0.4, 0.5) is 0 Å². The first-order chi connectivity index (χ1) is 9.97. The van der Waals surface area contributed by atoms with Gasteiger partial charge < -0.3 is 21.2 Å². The van der Waals surface area contributed by atoms with Gasteiger partial charge in [-0.3, -0.25) is 4.79 Å². The molecule has 4 N–H and O–H groups in total. The molecule has 1 amide bonds. The zero-order chi connectivity index (χ0) is 15.5. The van der Waals surface area contributed by atoms with E-state index < -0.39 is 5.54 Å². The lowest BCUT2D eigenvalue weighted by Gasteiger charge is -2.40. The van der Waals surface area contributed by atoms with Crippen LogP contribution < -0.4 is 11.1 Å². The molecule has 21 heavy (non-hydrogen) atoms. The molecular weight excluding hydrogens is 294 g/mol. The maximum absolute atomic E-state index is 12.3. The number of amidine groups is 1. The highest BCUT2D eigenvalue weighted by molar-refractivity contribution is 6.30. The number of nitrogens with two attached hydrogens (primary N) is 1. The molecule has 0 radical (unpaired) electrons. The second kappa shape index (κ2) is 6.28. The normalized spacial score (nSPS) is 19.2. The van der Waals surface area contributed by atoms with Gasteiger partial charge in [0.25, 0.3) is 5.91 Å². The van der Waals surface area contributed by atoms with Crippen LogP contribution >= 0.6 is 11.6 Å². The van der Waals surface area contributed by atoms with Crippen molar-refractivity contribution in [2.24, 2.45) is 10.9 Å². The molecule has 0 unspecified atom stereocenters. The number of piperidine rings is 1. The smallest absolute Gasteiger partial charge is 0.270 e. The zero-order valence-corrected chi connectivity index (χ0v) is 12.5. The van der Waals surface area contributed by atoms with Crippen LogP contribution in [-0.2, 0) is 0 Å². The minimum absolute atomic E-state index is 0.0120. The summed E-state index contributed by atoms with van der Waals surface area (Å²) in [6.45, 7) is 1.48. The highest BCUT2D eigenvalue weighted by atomic mass is 35.5. The molecule has 2 rings (SSSR count). The summed E-state index contributed by atoms with van der Waals surface area (Å²) in [4.78, 5) is 18.4. The van der Waals surface area contributed by atoms with E-state index in [0.29, 0.717) is 17.9 Å². The molecular formula is C13H18ClN5O2. The van der Waals surface area contributed by atoms with Gasteiger partial charge in [-0.2, -0.15) is 0 Å². The summed E-state index contributed by atoms with van der Waals surface area (Å²) in [6.07, 6.45) is 2.54. The Morgan fingerprint density at radius 3 is 2.71 bits per heavy atom. The van der Waals surface area contributed by atoms with Crippen LogP contribution in [0.15, 0.2) is 23.5 Å². The van der Waals surface area contributed by atoms with Crippen LogP contribution in [0.5, 0.6) is 0 Å². The van der Waals surface area contributed by atoms with Crippen LogP contribution in [0.3, 0.4) is 0 Å². The van der Waals surface area contributed by atoms with Crippen molar-refractivity contribution in [2.75, 3.05) is 20.1 Å². The zero-order valence-electron chi connectivity index (χ0n) is 11.7. The Hall–Kier alpha value is -1.86. The van der Waals surface area contributed by atoms with Gasteiger partial charge in [0.1, 0.15) is 11.2 Å². The van der Waals surface area contributed by atoms with Gasteiger partial charge in [-0.05, 0) is 32.0 Å². The first-order valence-electron chi connectivity index (χ1n) is 6.57. The maximum atomic E-state index is 12.3. The first-order valence-corrected chi connectivity index (χ1v) is 6.95. The molecule has 1 aliphatic heterocycles. The van der Waals surface area contributed by atoms with E-state index in [2.05, 4.69) is 20.4 Å². The van der Waals surface area contributed by atoms with E-state index in [-0.39, 0.29) is 17.4 Å². The SMILES string of the molecule is CN1CCC(NC(=O)c2ccc(Cl)cn2)(C(N)=NO)CC1. The second-order valence-electron chi connectivity index (χ2n) is 5.19. The third kappa shape index (κ3) is 3.43. The Balaban J connectivity index is 2.19. The van der Waals surface area contributed by atoms with Gasteiger partial charge in [0.05, 0.1) is 5.02 Å². The molecule has 0 aromatic carbocycles. The van der Waals surface area contributed by atoms with E-state index in [1.807, 2.05) is 7.05 Å². The molecule has 1 aromatic heterocycles. The predicted octanol–water partition coefficient (Wildman–Crippen LogP) is 0.676. The Labute approximate surface area is 127 Å². The number of rotatable bonds is 3. The van der Waals surface area contributed by atoms with Crippen LogP contribution in [0, 0.1) is 0 Å². The van der Waals surface area contributed by atoms with Crippen LogP contribution in [0.2, 0.25) is 5.02 Å². The summed E-state index contributed by atoms with van der Waals surface area (Å²) in [7, 11) is 1.98. The standard InChI is InChI=1S/C13H18ClN5O2/c1-19-6-4-13(5-7-19,12(15)18-21)17-11(20)10-3-2-9(14)8-16-10/h2-3,8,21H,4-7H2,1H3,(H2,15,18)(H,17,20). The average Bonchev–Trinajstić information content (AvgIpc) is 2.49. The van der Waals surface area contributed by atoms with Gasteiger partial charge in [0.2, 0.25) is 0 Å². The van der Waals surface area contributed by atoms with Crippen molar-refractivity contribution in [1.29, 1.82) is 0 Å². The average molecular weight is 312 g/mol. The number of halogens is 1. The molecule has 1 saturated heterocycles. The molecule has 2 heterocycles. The van der Waals surface area contributed by atoms with Crippen LogP contribution in [0.1, 0.15) is 23.3 Å². The summed E-state index contributed by atoms with van der Waals surface area (Å²) in [5.74, 6) is -0.360. The number of oxime groups is 1. The van der Waals surface area contributed by atoms with E-state index in [1.165, 1.54) is 12.3 Å². The van der Waals surface area contributed by atoms with Crippen molar-refractivity contribution in [3.8, 4) is 0 Å². The van der Waals surface area contributed by atoms with Gasteiger partial charge in [-0.1, -0.05) is 16.8 Å². The number of amides is 1. The Morgan fingerprint density at radius 2 is 2.19 bits per heavy atom. The summed E-state index contributed by atoms with van der Waals surface area (Å²) < 4.78 is 0. The van der Waals surface area contributed by atoms with Crippen molar-refractivity contribution in [3.63, 3.8) is 0 Å².